The average Bonchev–Trinajstić information content (AvgIpc) is 2.84. The lowest BCUT2D eigenvalue weighted by molar-refractivity contribution is 0.0244. The number of aryl methyl sites for hydroxylation is 2. The van der Waals surface area contributed by atoms with E-state index in [2.05, 4.69) is 5.16 Å². The quantitative estimate of drug-likeness (QED) is 0.837. The van der Waals surface area contributed by atoms with Crippen molar-refractivity contribution in [3.8, 4) is 0 Å². The van der Waals surface area contributed by atoms with Crippen LogP contribution in [0.2, 0.25) is 0 Å². The fourth-order valence-electron chi connectivity index (χ4n) is 3.15. The minimum atomic E-state index is -0.511. The summed E-state index contributed by atoms with van der Waals surface area (Å²) in [6.07, 6.45) is 1.57. The Morgan fingerprint density at radius 1 is 1.36 bits per heavy atom. The Hall–Kier alpha value is -2.05. The molecule has 0 radical (unpaired) electrons. The van der Waals surface area contributed by atoms with Crippen molar-refractivity contribution in [2.75, 3.05) is 26.7 Å². The number of carbonyl (C=O) groups is 2. The van der Waals surface area contributed by atoms with Crippen LogP contribution in [0.1, 0.15) is 55.4 Å². The molecule has 2 heterocycles. The van der Waals surface area contributed by atoms with Crippen molar-refractivity contribution in [3.05, 3.63) is 17.0 Å². The van der Waals surface area contributed by atoms with Crippen molar-refractivity contribution in [1.29, 1.82) is 0 Å². The summed E-state index contributed by atoms with van der Waals surface area (Å²) in [5, 5.41) is 3.86. The number of piperidine rings is 1. The van der Waals surface area contributed by atoms with E-state index in [0.29, 0.717) is 30.1 Å². The van der Waals surface area contributed by atoms with Gasteiger partial charge in [-0.1, -0.05) is 5.16 Å². The van der Waals surface area contributed by atoms with E-state index >= 15 is 0 Å². The normalized spacial score (nSPS) is 18.2. The highest BCUT2D eigenvalue weighted by atomic mass is 16.6. The predicted molar refractivity (Wildman–Crippen MR) is 93.5 cm³/mol. The second-order valence-corrected chi connectivity index (χ2v) is 7.82. The van der Waals surface area contributed by atoms with Gasteiger partial charge in [0.1, 0.15) is 16.9 Å². The largest absolute Gasteiger partial charge is 0.444 e. The van der Waals surface area contributed by atoms with Gasteiger partial charge in [-0.05, 0) is 53.4 Å². The highest BCUT2D eigenvalue weighted by Crippen LogP contribution is 2.22. The van der Waals surface area contributed by atoms with E-state index in [0.717, 1.165) is 19.4 Å². The molecule has 7 heteroatoms. The maximum absolute atomic E-state index is 12.8. The van der Waals surface area contributed by atoms with Crippen LogP contribution in [0.15, 0.2) is 4.52 Å². The number of likely N-dealkylation sites (tertiary alicyclic amines) is 1. The van der Waals surface area contributed by atoms with Gasteiger partial charge in [-0.3, -0.25) is 4.79 Å². The van der Waals surface area contributed by atoms with Gasteiger partial charge in [-0.15, -0.1) is 0 Å². The van der Waals surface area contributed by atoms with Crippen LogP contribution < -0.4 is 0 Å². The molecule has 0 saturated carbocycles. The Kier molecular flexibility index (Phi) is 5.75. The third-order valence-corrected chi connectivity index (χ3v) is 4.29. The zero-order valence-corrected chi connectivity index (χ0v) is 16.1. The molecule has 1 saturated heterocycles. The molecule has 1 aromatic heterocycles. The van der Waals surface area contributed by atoms with Crippen molar-refractivity contribution in [2.24, 2.45) is 5.92 Å². The second kappa shape index (κ2) is 7.45. The number of hydrogen-bond donors (Lipinski definition) is 0. The zero-order chi connectivity index (χ0) is 18.8. The van der Waals surface area contributed by atoms with Crippen LogP contribution in [0, 0.1) is 19.8 Å². The molecular weight excluding hydrogens is 322 g/mol. The van der Waals surface area contributed by atoms with E-state index in [1.165, 1.54) is 0 Å². The Bertz CT molecular complexity index is 613. The number of carbonyl (C=O) groups excluding carboxylic acids is 2. The number of ether oxygens (including phenoxy) is 1. The molecule has 0 spiro atoms. The Balaban J connectivity index is 1.97. The predicted octanol–water partition coefficient (Wildman–Crippen LogP) is 3.01. The Labute approximate surface area is 149 Å². The number of aromatic nitrogens is 1. The minimum Gasteiger partial charge on any atom is -0.444 e. The second-order valence-electron chi connectivity index (χ2n) is 7.82. The highest BCUT2D eigenvalue weighted by molar-refractivity contribution is 5.96. The van der Waals surface area contributed by atoms with Crippen molar-refractivity contribution in [3.63, 3.8) is 0 Å². The molecule has 1 aliphatic heterocycles. The lowest BCUT2D eigenvalue weighted by Crippen LogP contribution is -2.45. The van der Waals surface area contributed by atoms with Gasteiger partial charge in [0.05, 0.1) is 5.69 Å². The molecule has 2 rings (SSSR count). The molecule has 0 unspecified atom stereocenters. The summed E-state index contributed by atoms with van der Waals surface area (Å²) in [5.74, 6) is 0.743. The van der Waals surface area contributed by atoms with Gasteiger partial charge in [-0.2, -0.15) is 0 Å². The van der Waals surface area contributed by atoms with E-state index in [4.69, 9.17) is 9.26 Å². The standard InChI is InChI=1S/C18H29N3O4/c1-12-15(13(2)25-19-12)16(22)21-9-7-8-14(11-21)10-20(6)17(23)24-18(3,4)5/h14H,7-11H2,1-6H3/t14-/m1/s1. The van der Waals surface area contributed by atoms with Crippen LogP contribution in [0.25, 0.3) is 0 Å². The summed E-state index contributed by atoms with van der Waals surface area (Å²) in [7, 11) is 1.74. The van der Waals surface area contributed by atoms with Crippen LogP contribution in [-0.2, 0) is 4.74 Å². The van der Waals surface area contributed by atoms with E-state index in [1.54, 1.807) is 25.8 Å². The lowest BCUT2D eigenvalue weighted by atomic mass is 9.96. The maximum Gasteiger partial charge on any atom is 0.410 e. The molecular formula is C18H29N3O4. The van der Waals surface area contributed by atoms with Crippen LogP contribution in [0.3, 0.4) is 0 Å². The van der Waals surface area contributed by atoms with Crippen LogP contribution in [-0.4, -0.2) is 59.2 Å². The Morgan fingerprint density at radius 3 is 2.60 bits per heavy atom. The van der Waals surface area contributed by atoms with Crippen molar-refractivity contribution in [2.45, 2.75) is 53.1 Å². The molecule has 0 aromatic carbocycles. The maximum atomic E-state index is 12.8. The molecule has 0 N–H and O–H groups in total. The first-order valence-electron chi connectivity index (χ1n) is 8.74. The van der Waals surface area contributed by atoms with Crippen molar-refractivity contribution >= 4 is 12.0 Å². The first-order chi connectivity index (χ1) is 11.6. The molecule has 7 nitrogen and oxygen atoms in total. The summed E-state index contributed by atoms with van der Waals surface area (Å²) in [5.41, 5.74) is 0.667. The van der Waals surface area contributed by atoms with E-state index < -0.39 is 5.60 Å². The van der Waals surface area contributed by atoms with Gasteiger partial charge in [-0.25, -0.2) is 4.79 Å². The van der Waals surface area contributed by atoms with Crippen LogP contribution in [0.5, 0.6) is 0 Å². The van der Waals surface area contributed by atoms with Crippen LogP contribution >= 0.6 is 0 Å². The molecule has 0 bridgehead atoms. The fourth-order valence-corrected chi connectivity index (χ4v) is 3.15. The third-order valence-electron chi connectivity index (χ3n) is 4.29. The zero-order valence-electron chi connectivity index (χ0n) is 16.1. The molecule has 1 fully saturated rings. The smallest absolute Gasteiger partial charge is 0.410 e. The molecule has 1 aromatic rings. The minimum absolute atomic E-state index is 0.0409. The summed E-state index contributed by atoms with van der Waals surface area (Å²) in [6.45, 7) is 11.0. The summed E-state index contributed by atoms with van der Waals surface area (Å²) < 4.78 is 10.5. The lowest BCUT2D eigenvalue weighted by Gasteiger charge is -2.35. The van der Waals surface area contributed by atoms with E-state index in [1.807, 2.05) is 25.7 Å². The molecule has 25 heavy (non-hydrogen) atoms. The monoisotopic (exact) mass is 351 g/mol. The highest BCUT2D eigenvalue weighted by Gasteiger charge is 2.30. The summed E-state index contributed by atoms with van der Waals surface area (Å²) in [6, 6.07) is 0. The van der Waals surface area contributed by atoms with E-state index in [9.17, 15) is 9.59 Å². The number of nitrogens with zero attached hydrogens (tertiary/aromatic N) is 3. The topological polar surface area (TPSA) is 75.9 Å². The van der Waals surface area contributed by atoms with Gasteiger partial charge in [0.15, 0.2) is 0 Å². The van der Waals surface area contributed by atoms with Crippen molar-refractivity contribution in [1.82, 2.24) is 15.0 Å². The number of rotatable bonds is 3. The van der Waals surface area contributed by atoms with Gasteiger partial charge in [0, 0.05) is 26.7 Å². The first kappa shape index (κ1) is 19.3. The van der Waals surface area contributed by atoms with Gasteiger partial charge in [0.25, 0.3) is 5.91 Å². The van der Waals surface area contributed by atoms with Crippen LogP contribution in [0.4, 0.5) is 4.79 Å². The molecule has 140 valence electrons. The number of amides is 2. The molecule has 2 amide bonds. The van der Waals surface area contributed by atoms with Gasteiger partial charge in [0.2, 0.25) is 0 Å². The first-order valence-corrected chi connectivity index (χ1v) is 8.74. The summed E-state index contributed by atoms with van der Waals surface area (Å²) >= 11 is 0. The van der Waals surface area contributed by atoms with Crippen molar-refractivity contribution < 1.29 is 18.8 Å². The molecule has 1 atom stereocenters. The SMILES string of the molecule is Cc1noc(C)c1C(=O)N1CCC[C@H](CN(C)C(=O)OC(C)(C)C)C1. The average molecular weight is 351 g/mol. The molecule has 0 aliphatic carbocycles. The van der Waals surface area contributed by atoms with E-state index in [-0.39, 0.29) is 17.9 Å². The van der Waals surface area contributed by atoms with Gasteiger partial charge < -0.3 is 19.1 Å². The fraction of sp³-hybridized carbons (Fsp3) is 0.722. The number of hydrogen-bond acceptors (Lipinski definition) is 5. The molecule has 1 aliphatic rings. The van der Waals surface area contributed by atoms with Gasteiger partial charge >= 0.3 is 6.09 Å². The third kappa shape index (κ3) is 4.96. The Morgan fingerprint density at radius 2 is 2.04 bits per heavy atom. The summed E-state index contributed by atoms with van der Waals surface area (Å²) in [4.78, 5) is 28.3.